The SMILES string of the molecule is Cc1nc(OCC2CNCC(C)(C)O2)cc(=O)[nH]1. The monoisotopic (exact) mass is 253 g/mol. The summed E-state index contributed by atoms with van der Waals surface area (Å²) in [7, 11) is 0. The Morgan fingerprint density at radius 2 is 2.39 bits per heavy atom. The molecule has 0 saturated carbocycles. The van der Waals surface area contributed by atoms with E-state index in [2.05, 4.69) is 15.3 Å². The van der Waals surface area contributed by atoms with Crippen LogP contribution in [0.5, 0.6) is 5.88 Å². The molecule has 0 aliphatic carbocycles. The van der Waals surface area contributed by atoms with Crippen molar-refractivity contribution in [3.63, 3.8) is 0 Å². The van der Waals surface area contributed by atoms with E-state index in [0.717, 1.165) is 13.1 Å². The third-order valence-corrected chi connectivity index (χ3v) is 2.66. The van der Waals surface area contributed by atoms with E-state index in [-0.39, 0.29) is 17.3 Å². The maximum Gasteiger partial charge on any atom is 0.254 e. The van der Waals surface area contributed by atoms with Gasteiger partial charge in [-0.3, -0.25) is 4.79 Å². The number of ether oxygens (including phenoxy) is 2. The topological polar surface area (TPSA) is 76.2 Å². The van der Waals surface area contributed by atoms with Crippen LogP contribution in [0.2, 0.25) is 0 Å². The molecule has 1 saturated heterocycles. The fourth-order valence-corrected chi connectivity index (χ4v) is 1.97. The lowest BCUT2D eigenvalue weighted by Gasteiger charge is -2.36. The average molecular weight is 253 g/mol. The van der Waals surface area contributed by atoms with Crippen LogP contribution >= 0.6 is 0 Å². The van der Waals surface area contributed by atoms with Crippen LogP contribution in [-0.4, -0.2) is 41.4 Å². The van der Waals surface area contributed by atoms with Crippen molar-refractivity contribution in [1.29, 1.82) is 0 Å². The van der Waals surface area contributed by atoms with Crippen LogP contribution in [0.15, 0.2) is 10.9 Å². The Kier molecular flexibility index (Phi) is 3.68. The number of nitrogens with zero attached hydrogens (tertiary/aromatic N) is 1. The molecular formula is C12H19N3O3. The number of H-pyrrole nitrogens is 1. The summed E-state index contributed by atoms with van der Waals surface area (Å²) in [6.45, 7) is 7.73. The van der Waals surface area contributed by atoms with Gasteiger partial charge in [0.1, 0.15) is 18.5 Å². The smallest absolute Gasteiger partial charge is 0.254 e. The van der Waals surface area contributed by atoms with Crippen molar-refractivity contribution in [3.8, 4) is 5.88 Å². The third kappa shape index (κ3) is 3.54. The van der Waals surface area contributed by atoms with Gasteiger partial charge < -0.3 is 19.8 Å². The predicted molar refractivity (Wildman–Crippen MR) is 66.9 cm³/mol. The van der Waals surface area contributed by atoms with Crippen molar-refractivity contribution in [3.05, 3.63) is 22.2 Å². The summed E-state index contributed by atoms with van der Waals surface area (Å²) in [4.78, 5) is 17.9. The summed E-state index contributed by atoms with van der Waals surface area (Å²) < 4.78 is 11.4. The van der Waals surface area contributed by atoms with Crippen LogP contribution in [0.25, 0.3) is 0 Å². The summed E-state index contributed by atoms with van der Waals surface area (Å²) in [5.41, 5.74) is -0.399. The van der Waals surface area contributed by atoms with Gasteiger partial charge in [-0.15, -0.1) is 0 Å². The van der Waals surface area contributed by atoms with E-state index in [1.165, 1.54) is 6.07 Å². The standard InChI is InChI=1S/C12H19N3O3/c1-8-14-10(16)4-11(15-8)17-6-9-5-13-7-12(2,3)18-9/h4,9,13H,5-7H2,1-3H3,(H,14,15,16). The second kappa shape index (κ2) is 5.07. The zero-order valence-corrected chi connectivity index (χ0v) is 10.9. The lowest BCUT2D eigenvalue weighted by atomic mass is 10.1. The second-order valence-corrected chi connectivity index (χ2v) is 5.11. The third-order valence-electron chi connectivity index (χ3n) is 2.66. The number of hydrogen-bond acceptors (Lipinski definition) is 5. The summed E-state index contributed by atoms with van der Waals surface area (Å²) >= 11 is 0. The molecule has 2 rings (SSSR count). The average Bonchev–Trinajstić information content (AvgIpc) is 2.24. The molecule has 1 aromatic heterocycles. The molecule has 0 aromatic carbocycles. The van der Waals surface area contributed by atoms with E-state index in [0.29, 0.717) is 18.3 Å². The lowest BCUT2D eigenvalue weighted by Crippen LogP contribution is -2.52. The molecule has 100 valence electrons. The number of aromatic nitrogens is 2. The van der Waals surface area contributed by atoms with Gasteiger partial charge in [0.05, 0.1) is 11.7 Å². The number of aryl methyl sites for hydroxylation is 1. The van der Waals surface area contributed by atoms with E-state index >= 15 is 0 Å². The van der Waals surface area contributed by atoms with Crippen LogP contribution in [-0.2, 0) is 4.74 Å². The van der Waals surface area contributed by atoms with Crippen molar-refractivity contribution >= 4 is 0 Å². The van der Waals surface area contributed by atoms with Crippen molar-refractivity contribution in [2.24, 2.45) is 0 Å². The molecule has 1 fully saturated rings. The minimum atomic E-state index is -0.208. The first-order chi connectivity index (χ1) is 8.44. The van der Waals surface area contributed by atoms with Crippen LogP contribution in [0.1, 0.15) is 19.7 Å². The fourth-order valence-electron chi connectivity index (χ4n) is 1.97. The minimum absolute atomic E-state index is 0.0323. The fraction of sp³-hybridized carbons (Fsp3) is 0.667. The van der Waals surface area contributed by atoms with Gasteiger partial charge in [-0.1, -0.05) is 0 Å². The summed E-state index contributed by atoms with van der Waals surface area (Å²) in [6, 6.07) is 1.34. The van der Waals surface area contributed by atoms with E-state index in [9.17, 15) is 4.79 Å². The Labute approximate surface area is 106 Å². The van der Waals surface area contributed by atoms with Crippen molar-refractivity contribution in [1.82, 2.24) is 15.3 Å². The van der Waals surface area contributed by atoms with Gasteiger partial charge in [-0.2, -0.15) is 0 Å². The molecule has 0 bridgehead atoms. The summed E-state index contributed by atoms with van der Waals surface area (Å²) in [5.74, 6) is 0.878. The van der Waals surface area contributed by atoms with Gasteiger partial charge in [0, 0.05) is 13.1 Å². The molecule has 0 spiro atoms. The van der Waals surface area contributed by atoms with Crippen LogP contribution in [0.4, 0.5) is 0 Å². The molecule has 18 heavy (non-hydrogen) atoms. The Morgan fingerprint density at radius 1 is 1.61 bits per heavy atom. The van der Waals surface area contributed by atoms with E-state index in [1.54, 1.807) is 6.92 Å². The van der Waals surface area contributed by atoms with Crippen molar-refractivity contribution < 1.29 is 9.47 Å². The highest BCUT2D eigenvalue weighted by atomic mass is 16.6. The molecule has 2 heterocycles. The Balaban J connectivity index is 1.93. The van der Waals surface area contributed by atoms with Gasteiger partial charge in [0.15, 0.2) is 0 Å². The highest BCUT2D eigenvalue weighted by Gasteiger charge is 2.28. The van der Waals surface area contributed by atoms with Crippen molar-refractivity contribution in [2.45, 2.75) is 32.5 Å². The maximum absolute atomic E-state index is 11.2. The van der Waals surface area contributed by atoms with E-state index in [1.807, 2.05) is 13.8 Å². The van der Waals surface area contributed by atoms with Gasteiger partial charge in [0.25, 0.3) is 5.56 Å². The van der Waals surface area contributed by atoms with Crippen molar-refractivity contribution in [2.75, 3.05) is 19.7 Å². The molecule has 6 heteroatoms. The van der Waals surface area contributed by atoms with Crippen LogP contribution in [0, 0.1) is 6.92 Å². The Morgan fingerprint density at radius 3 is 3.06 bits per heavy atom. The summed E-state index contributed by atoms with van der Waals surface area (Å²) in [5, 5.41) is 3.29. The van der Waals surface area contributed by atoms with Gasteiger partial charge in [0.2, 0.25) is 5.88 Å². The minimum Gasteiger partial charge on any atom is -0.475 e. The zero-order valence-electron chi connectivity index (χ0n) is 10.9. The van der Waals surface area contributed by atoms with Gasteiger partial charge >= 0.3 is 0 Å². The number of hydrogen-bond donors (Lipinski definition) is 2. The second-order valence-electron chi connectivity index (χ2n) is 5.11. The highest BCUT2D eigenvalue weighted by Crippen LogP contribution is 2.15. The van der Waals surface area contributed by atoms with E-state index in [4.69, 9.17) is 9.47 Å². The molecule has 1 aliphatic heterocycles. The first-order valence-corrected chi connectivity index (χ1v) is 6.04. The quantitative estimate of drug-likeness (QED) is 0.806. The normalized spacial score (nSPS) is 22.7. The molecule has 6 nitrogen and oxygen atoms in total. The number of nitrogens with one attached hydrogen (secondary N) is 2. The van der Waals surface area contributed by atoms with Gasteiger partial charge in [-0.05, 0) is 20.8 Å². The maximum atomic E-state index is 11.2. The largest absolute Gasteiger partial charge is 0.475 e. The Bertz CT molecular complexity index is 470. The molecular weight excluding hydrogens is 234 g/mol. The highest BCUT2D eigenvalue weighted by molar-refractivity contribution is 5.08. The number of aromatic amines is 1. The molecule has 1 aromatic rings. The Hall–Kier alpha value is -1.40. The van der Waals surface area contributed by atoms with Crippen LogP contribution < -0.4 is 15.6 Å². The molecule has 1 atom stereocenters. The summed E-state index contributed by atoms with van der Waals surface area (Å²) in [6.07, 6.45) is -0.0323. The molecule has 0 amide bonds. The van der Waals surface area contributed by atoms with E-state index < -0.39 is 0 Å². The first kappa shape index (κ1) is 13.0. The first-order valence-electron chi connectivity index (χ1n) is 6.04. The zero-order chi connectivity index (χ0) is 13.2. The van der Waals surface area contributed by atoms with Crippen LogP contribution in [0.3, 0.4) is 0 Å². The molecule has 2 N–H and O–H groups in total. The predicted octanol–water partition coefficient (Wildman–Crippen LogP) is 0.224. The molecule has 0 radical (unpaired) electrons. The molecule has 1 aliphatic rings. The number of morpholine rings is 1. The lowest BCUT2D eigenvalue weighted by molar-refractivity contribution is -0.107. The molecule has 1 unspecified atom stereocenters. The number of rotatable bonds is 3. The van der Waals surface area contributed by atoms with Gasteiger partial charge in [-0.25, -0.2) is 4.98 Å².